The molecule has 0 atom stereocenters. The Hall–Kier alpha value is -2.45. The number of piperidine rings is 1. The average molecular weight is 450 g/mol. The van der Waals surface area contributed by atoms with Gasteiger partial charge in [-0.15, -0.1) is 0 Å². The molecule has 172 valence electrons. The summed E-state index contributed by atoms with van der Waals surface area (Å²) in [4.78, 5) is 14.0. The Morgan fingerprint density at radius 1 is 1.12 bits per heavy atom. The van der Waals surface area contributed by atoms with E-state index >= 15 is 0 Å². The fourth-order valence-electron chi connectivity index (χ4n) is 4.60. The molecule has 32 heavy (non-hydrogen) atoms. The summed E-state index contributed by atoms with van der Waals surface area (Å²) in [7, 11) is 2.05. The minimum atomic E-state index is -4.48. The SMILES string of the molecule is CN1CCC(COCCc2cc(C(F)(F)F)cc3c2NC(=O)C3)(c2ccc(F)cc2)CC1. The minimum absolute atomic E-state index is 0.0473. The van der Waals surface area contributed by atoms with Gasteiger partial charge in [0.1, 0.15) is 5.82 Å². The first kappa shape index (κ1) is 22.7. The third-order valence-corrected chi connectivity index (χ3v) is 6.54. The molecule has 1 saturated heterocycles. The molecule has 0 aliphatic carbocycles. The molecule has 2 aliphatic heterocycles. The van der Waals surface area contributed by atoms with Gasteiger partial charge in [0.25, 0.3) is 0 Å². The number of nitrogens with zero attached hydrogens (tertiary/aromatic N) is 1. The van der Waals surface area contributed by atoms with Gasteiger partial charge in [0.15, 0.2) is 0 Å². The zero-order chi connectivity index (χ0) is 22.9. The van der Waals surface area contributed by atoms with Crippen LogP contribution in [-0.4, -0.2) is 44.2 Å². The van der Waals surface area contributed by atoms with Gasteiger partial charge in [-0.25, -0.2) is 4.39 Å². The number of nitrogens with one attached hydrogen (secondary N) is 1. The fourth-order valence-corrected chi connectivity index (χ4v) is 4.60. The summed E-state index contributed by atoms with van der Waals surface area (Å²) in [6, 6.07) is 8.62. The van der Waals surface area contributed by atoms with Crippen LogP contribution in [0.4, 0.5) is 23.2 Å². The van der Waals surface area contributed by atoms with E-state index in [2.05, 4.69) is 17.3 Å². The second kappa shape index (κ2) is 8.83. The van der Waals surface area contributed by atoms with E-state index in [9.17, 15) is 22.4 Å². The van der Waals surface area contributed by atoms with Gasteiger partial charge in [-0.2, -0.15) is 13.2 Å². The molecule has 0 radical (unpaired) electrons. The van der Waals surface area contributed by atoms with Crippen molar-refractivity contribution >= 4 is 11.6 Å². The van der Waals surface area contributed by atoms with Crippen LogP contribution in [0.15, 0.2) is 36.4 Å². The van der Waals surface area contributed by atoms with Crippen molar-refractivity contribution in [2.24, 2.45) is 0 Å². The Labute approximate surface area is 184 Å². The van der Waals surface area contributed by atoms with Gasteiger partial charge in [0.05, 0.1) is 25.2 Å². The monoisotopic (exact) mass is 450 g/mol. The number of likely N-dealkylation sites (tertiary alicyclic amines) is 1. The van der Waals surface area contributed by atoms with Crippen molar-refractivity contribution in [2.45, 2.75) is 37.3 Å². The highest BCUT2D eigenvalue weighted by atomic mass is 19.4. The van der Waals surface area contributed by atoms with Crippen LogP contribution in [0.3, 0.4) is 0 Å². The molecule has 0 unspecified atom stereocenters. The number of ether oxygens (including phenoxy) is 1. The van der Waals surface area contributed by atoms with Gasteiger partial charge in [0, 0.05) is 11.1 Å². The maximum absolute atomic E-state index is 13.4. The molecule has 2 aromatic rings. The van der Waals surface area contributed by atoms with Crippen molar-refractivity contribution < 1.29 is 27.1 Å². The quantitative estimate of drug-likeness (QED) is 0.518. The second-order valence-electron chi connectivity index (χ2n) is 8.79. The van der Waals surface area contributed by atoms with Crippen molar-refractivity contribution in [1.82, 2.24) is 4.90 Å². The maximum Gasteiger partial charge on any atom is 0.416 e. The molecule has 8 heteroatoms. The third kappa shape index (κ3) is 4.81. The minimum Gasteiger partial charge on any atom is -0.380 e. The van der Waals surface area contributed by atoms with Crippen molar-refractivity contribution in [1.29, 1.82) is 0 Å². The second-order valence-corrected chi connectivity index (χ2v) is 8.79. The van der Waals surface area contributed by atoms with Gasteiger partial charge < -0.3 is 15.0 Å². The Morgan fingerprint density at radius 3 is 2.47 bits per heavy atom. The summed E-state index contributed by atoms with van der Waals surface area (Å²) in [5.41, 5.74) is 1.28. The van der Waals surface area contributed by atoms with Crippen LogP contribution in [0.1, 0.15) is 35.1 Å². The van der Waals surface area contributed by atoms with Crippen molar-refractivity contribution in [3.63, 3.8) is 0 Å². The van der Waals surface area contributed by atoms with Crippen molar-refractivity contribution in [2.75, 3.05) is 38.7 Å². The van der Waals surface area contributed by atoms with E-state index < -0.39 is 11.7 Å². The van der Waals surface area contributed by atoms with Crippen molar-refractivity contribution in [3.8, 4) is 0 Å². The summed E-state index contributed by atoms with van der Waals surface area (Å²) < 4.78 is 59.3. The zero-order valence-corrected chi connectivity index (χ0v) is 17.9. The molecule has 0 aromatic heterocycles. The number of anilines is 1. The predicted octanol–water partition coefficient (Wildman–Crippen LogP) is 4.56. The Morgan fingerprint density at radius 2 is 1.81 bits per heavy atom. The summed E-state index contributed by atoms with van der Waals surface area (Å²) in [6.45, 7) is 2.39. The summed E-state index contributed by atoms with van der Waals surface area (Å²) >= 11 is 0. The van der Waals surface area contributed by atoms with Crippen molar-refractivity contribution in [3.05, 3.63) is 64.5 Å². The highest BCUT2D eigenvalue weighted by Crippen LogP contribution is 2.38. The number of alkyl halides is 3. The highest BCUT2D eigenvalue weighted by Gasteiger charge is 2.36. The maximum atomic E-state index is 13.4. The summed E-state index contributed by atoms with van der Waals surface area (Å²) in [6.07, 6.45) is -2.56. The Balaban J connectivity index is 1.47. The molecule has 2 aromatic carbocycles. The number of hydrogen-bond donors (Lipinski definition) is 1. The lowest BCUT2D eigenvalue weighted by Gasteiger charge is -2.41. The molecule has 2 aliphatic rings. The number of hydrogen-bond acceptors (Lipinski definition) is 3. The number of halogens is 4. The third-order valence-electron chi connectivity index (χ3n) is 6.54. The highest BCUT2D eigenvalue weighted by molar-refractivity contribution is 6.00. The standard InChI is InChI=1S/C24H26F4N2O2/c1-30-9-7-23(8-10-30,18-2-4-20(25)5-3-18)15-32-11-6-16-12-19(24(26,27)28)13-17-14-21(31)29-22(16)17/h2-5,12-13H,6-11,14-15H2,1H3,(H,29,31). The molecule has 0 saturated carbocycles. The van der Waals surface area contributed by atoms with E-state index in [1.807, 2.05) is 0 Å². The van der Waals surface area contributed by atoms with Gasteiger partial charge in [0.2, 0.25) is 5.91 Å². The first-order chi connectivity index (χ1) is 15.2. The van der Waals surface area contributed by atoms with Crippen LogP contribution in [0, 0.1) is 5.82 Å². The zero-order valence-electron chi connectivity index (χ0n) is 17.9. The number of fused-ring (bicyclic) bond motifs is 1. The van der Waals surface area contributed by atoms with E-state index in [1.165, 1.54) is 12.1 Å². The topological polar surface area (TPSA) is 41.6 Å². The van der Waals surface area contributed by atoms with Gasteiger partial charge in [-0.05, 0) is 80.4 Å². The molecule has 1 fully saturated rings. The lowest BCUT2D eigenvalue weighted by atomic mass is 9.73. The molecule has 0 bridgehead atoms. The number of carbonyl (C=O) groups is 1. The first-order valence-corrected chi connectivity index (χ1v) is 10.7. The van der Waals surface area contributed by atoms with Crippen LogP contribution in [-0.2, 0) is 34.0 Å². The molecule has 4 nitrogen and oxygen atoms in total. The van der Waals surface area contributed by atoms with E-state index in [4.69, 9.17) is 4.74 Å². The predicted molar refractivity (Wildman–Crippen MR) is 113 cm³/mol. The number of amides is 1. The van der Waals surface area contributed by atoms with E-state index in [0.29, 0.717) is 23.4 Å². The normalized spacial score (nSPS) is 18.5. The lowest BCUT2D eigenvalue weighted by molar-refractivity contribution is -0.137. The summed E-state index contributed by atoms with van der Waals surface area (Å²) in [5.74, 6) is -0.596. The lowest BCUT2D eigenvalue weighted by Crippen LogP contribution is -2.44. The van der Waals surface area contributed by atoms with Gasteiger partial charge >= 0.3 is 6.18 Å². The number of benzene rings is 2. The van der Waals surface area contributed by atoms with E-state index in [0.717, 1.165) is 43.6 Å². The van der Waals surface area contributed by atoms with E-state index in [1.54, 1.807) is 12.1 Å². The van der Waals surface area contributed by atoms with E-state index in [-0.39, 0.29) is 36.6 Å². The molecule has 0 spiro atoms. The summed E-state index contributed by atoms with van der Waals surface area (Å²) in [5, 5.41) is 2.68. The van der Waals surface area contributed by atoms with Crippen LogP contribution in [0.5, 0.6) is 0 Å². The van der Waals surface area contributed by atoms with Crippen LogP contribution < -0.4 is 5.32 Å². The van der Waals surface area contributed by atoms with Gasteiger partial charge in [-0.3, -0.25) is 4.79 Å². The molecule has 1 amide bonds. The van der Waals surface area contributed by atoms with Crippen LogP contribution in [0.25, 0.3) is 0 Å². The molecular weight excluding hydrogens is 424 g/mol. The number of carbonyl (C=O) groups excluding carboxylic acids is 1. The molecule has 2 heterocycles. The number of rotatable bonds is 6. The smallest absolute Gasteiger partial charge is 0.380 e. The largest absolute Gasteiger partial charge is 0.416 e. The average Bonchev–Trinajstić information content (AvgIpc) is 3.13. The molecular formula is C24H26F4N2O2. The fraction of sp³-hybridized carbons (Fsp3) is 0.458. The van der Waals surface area contributed by atoms with Crippen LogP contribution in [0.2, 0.25) is 0 Å². The Bertz CT molecular complexity index is 981. The van der Waals surface area contributed by atoms with Gasteiger partial charge in [-0.1, -0.05) is 12.1 Å². The van der Waals surface area contributed by atoms with Crippen LogP contribution >= 0.6 is 0 Å². The molecule has 4 rings (SSSR count). The first-order valence-electron chi connectivity index (χ1n) is 10.7. The molecule has 1 N–H and O–H groups in total. The Kier molecular flexibility index (Phi) is 6.27.